The minimum absolute atomic E-state index is 0.0370. The summed E-state index contributed by atoms with van der Waals surface area (Å²) in [5.41, 5.74) is -4.48. The molecule has 0 bridgehead atoms. The number of rotatable bonds is 3. The molecule has 11 heteroatoms. The second-order valence-corrected chi connectivity index (χ2v) is 3.62. The summed E-state index contributed by atoms with van der Waals surface area (Å²) in [4.78, 5) is 2.66. The van der Waals surface area contributed by atoms with Gasteiger partial charge in [-0.25, -0.2) is 13.8 Å². The zero-order valence-corrected chi connectivity index (χ0v) is 9.87. The maximum atomic E-state index is 12.7. The van der Waals surface area contributed by atoms with Gasteiger partial charge in [-0.05, 0) is 5.56 Å². The summed E-state index contributed by atoms with van der Waals surface area (Å²) in [5, 5.41) is 0. The first-order valence-corrected chi connectivity index (χ1v) is 5.19. The van der Waals surface area contributed by atoms with Gasteiger partial charge in [-0.2, -0.15) is 13.2 Å². The van der Waals surface area contributed by atoms with Crippen molar-refractivity contribution < 1.29 is 39.9 Å². The Labute approximate surface area is 111 Å². The second-order valence-electron chi connectivity index (χ2n) is 3.35. The first-order valence-electron chi connectivity index (χ1n) is 4.66. The highest BCUT2D eigenvalue weighted by molar-refractivity contribution is 6.17. The Hall–Kier alpha value is -1.32. The van der Waals surface area contributed by atoms with Crippen LogP contribution in [-0.4, -0.2) is 11.3 Å². The monoisotopic (exact) mass is 329 g/mol. The lowest BCUT2D eigenvalue weighted by molar-refractivity contribution is -0.276. The number of aromatic nitrogens is 1. The molecule has 1 aromatic heterocycles. The lowest BCUT2D eigenvalue weighted by Gasteiger charge is -2.18. The van der Waals surface area contributed by atoms with E-state index in [1.807, 2.05) is 0 Å². The molecule has 2 nitrogen and oxygen atoms in total. The smallest absolute Gasteiger partial charge is 0.387 e. The number of hydrogen-bond donors (Lipinski definition) is 0. The maximum Gasteiger partial charge on any atom is 0.574 e. The summed E-state index contributed by atoms with van der Waals surface area (Å²) < 4.78 is 102. The van der Waals surface area contributed by atoms with Crippen molar-refractivity contribution in [1.82, 2.24) is 4.98 Å². The van der Waals surface area contributed by atoms with Gasteiger partial charge >= 0.3 is 12.5 Å². The maximum absolute atomic E-state index is 12.7. The number of alkyl halides is 9. The van der Waals surface area contributed by atoms with E-state index in [2.05, 4.69) is 9.72 Å². The quantitative estimate of drug-likeness (QED) is 0.593. The molecule has 0 aliphatic rings. The Kier molecular flexibility index (Phi) is 4.67. The summed E-state index contributed by atoms with van der Waals surface area (Å²) in [6.07, 6.45) is -14.2. The third kappa shape index (κ3) is 3.84. The van der Waals surface area contributed by atoms with Crippen molar-refractivity contribution in [3.63, 3.8) is 0 Å². The van der Waals surface area contributed by atoms with Crippen LogP contribution in [0.4, 0.5) is 35.1 Å². The SMILES string of the molecule is FC(F)c1c(OC(F)(F)F)ncc(C(F)(F)F)c1CCl. The van der Waals surface area contributed by atoms with Crippen LogP contribution >= 0.6 is 11.6 Å². The molecule has 0 spiro atoms. The molecule has 0 aromatic carbocycles. The Balaban J connectivity index is 3.50. The second kappa shape index (κ2) is 5.58. The molecule has 0 radical (unpaired) electrons. The molecule has 0 amide bonds. The number of hydrogen-bond acceptors (Lipinski definition) is 2. The van der Waals surface area contributed by atoms with Crippen LogP contribution in [0.25, 0.3) is 0 Å². The van der Waals surface area contributed by atoms with Crippen LogP contribution in [0, 0.1) is 0 Å². The molecular formula is C9H4ClF8NO. The first-order chi connectivity index (χ1) is 8.97. The summed E-state index contributed by atoms with van der Waals surface area (Å²) in [6, 6.07) is 0. The van der Waals surface area contributed by atoms with E-state index in [1.54, 1.807) is 0 Å². The largest absolute Gasteiger partial charge is 0.574 e. The van der Waals surface area contributed by atoms with Gasteiger partial charge in [0.2, 0.25) is 5.88 Å². The molecule has 20 heavy (non-hydrogen) atoms. The van der Waals surface area contributed by atoms with Crippen LogP contribution in [0.1, 0.15) is 23.1 Å². The van der Waals surface area contributed by atoms with Gasteiger partial charge in [-0.15, -0.1) is 24.8 Å². The number of halogens is 9. The minimum atomic E-state index is -5.38. The van der Waals surface area contributed by atoms with Crippen LogP contribution in [0.2, 0.25) is 0 Å². The molecular weight excluding hydrogens is 326 g/mol. The summed E-state index contributed by atoms with van der Waals surface area (Å²) >= 11 is 5.13. The molecule has 0 aliphatic carbocycles. The molecule has 0 atom stereocenters. The molecule has 0 unspecified atom stereocenters. The standard InChI is InChI=1S/C9H4ClF8NO/c10-1-3-4(8(13,14)15)2-19-7(5(3)6(11)12)20-9(16,17)18/h2,6H,1H2. The zero-order chi connectivity index (χ0) is 15.7. The van der Waals surface area contributed by atoms with E-state index in [9.17, 15) is 35.1 Å². The van der Waals surface area contributed by atoms with E-state index in [0.29, 0.717) is 0 Å². The average molecular weight is 330 g/mol. The van der Waals surface area contributed by atoms with Gasteiger partial charge in [0.05, 0.1) is 11.1 Å². The van der Waals surface area contributed by atoms with E-state index in [1.165, 1.54) is 0 Å². The normalized spacial score (nSPS) is 12.9. The molecule has 1 heterocycles. The van der Waals surface area contributed by atoms with Gasteiger partial charge < -0.3 is 4.74 Å². The Morgan fingerprint density at radius 1 is 1.15 bits per heavy atom. The molecule has 0 fully saturated rings. The summed E-state index contributed by atoms with van der Waals surface area (Å²) in [5.74, 6) is -2.73. The fourth-order valence-electron chi connectivity index (χ4n) is 1.35. The predicted molar refractivity (Wildman–Crippen MR) is 50.4 cm³/mol. The van der Waals surface area contributed by atoms with Gasteiger partial charge in [0, 0.05) is 12.1 Å². The highest BCUT2D eigenvalue weighted by atomic mass is 35.5. The van der Waals surface area contributed by atoms with Crippen LogP contribution < -0.4 is 4.74 Å². The summed E-state index contributed by atoms with van der Waals surface area (Å²) in [6.45, 7) is 0. The zero-order valence-electron chi connectivity index (χ0n) is 9.12. The van der Waals surface area contributed by atoms with E-state index < -0.39 is 47.4 Å². The van der Waals surface area contributed by atoms with Crippen molar-refractivity contribution in [3.8, 4) is 5.88 Å². The molecule has 1 aromatic rings. The van der Waals surface area contributed by atoms with Crippen molar-refractivity contribution in [3.05, 3.63) is 22.9 Å². The van der Waals surface area contributed by atoms with Crippen molar-refractivity contribution in [1.29, 1.82) is 0 Å². The van der Waals surface area contributed by atoms with Crippen LogP contribution in [0.15, 0.2) is 6.20 Å². The first kappa shape index (κ1) is 16.7. The third-order valence-corrected chi connectivity index (χ3v) is 2.33. The number of ether oxygens (including phenoxy) is 1. The molecule has 0 aliphatic heterocycles. The van der Waals surface area contributed by atoms with E-state index >= 15 is 0 Å². The molecule has 114 valence electrons. The fraction of sp³-hybridized carbons (Fsp3) is 0.444. The van der Waals surface area contributed by atoms with Gasteiger partial charge in [0.1, 0.15) is 0 Å². The molecule has 0 saturated carbocycles. The number of pyridine rings is 1. The number of nitrogens with zero attached hydrogens (tertiary/aromatic N) is 1. The predicted octanol–water partition coefficient (Wildman–Crippen LogP) is 4.68. The molecule has 0 N–H and O–H groups in total. The van der Waals surface area contributed by atoms with E-state index in [-0.39, 0.29) is 6.20 Å². The van der Waals surface area contributed by atoms with Crippen molar-refractivity contribution in [2.75, 3.05) is 0 Å². The van der Waals surface area contributed by atoms with E-state index in [4.69, 9.17) is 11.6 Å². The van der Waals surface area contributed by atoms with Crippen molar-refractivity contribution >= 4 is 11.6 Å². The summed E-state index contributed by atoms with van der Waals surface area (Å²) in [7, 11) is 0. The van der Waals surface area contributed by atoms with Crippen molar-refractivity contribution in [2.45, 2.75) is 24.8 Å². The lowest BCUT2D eigenvalue weighted by Crippen LogP contribution is -2.21. The highest BCUT2D eigenvalue weighted by Crippen LogP contribution is 2.41. The van der Waals surface area contributed by atoms with Gasteiger partial charge in [-0.1, -0.05) is 0 Å². The van der Waals surface area contributed by atoms with Gasteiger partial charge in [-0.3, -0.25) is 0 Å². The van der Waals surface area contributed by atoms with Crippen LogP contribution in [0.5, 0.6) is 5.88 Å². The van der Waals surface area contributed by atoms with Crippen molar-refractivity contribution in [2.24, 2.45) is 0 Å². The Morgan fingerprint density at radius 3 is 2.05 bits per heavy atom. The highest BCUT2D eigenvalue weighted by Gasteiger charge is 2.40. The van der Waals surface area contributed by atoms with Gasteiger partial charge in [0.15, 0.2) is 0 Å². The Morgan fingerprint density at radius 2 is 1.70 bits per heavy atom. The molecule has 1 rings (SSSR count). The molecule has 0 saturated heterocycles. The van der Waals surface area contributed by atoms with Crippen LogP contribution in [-0.2, 0) is 12.1 Å². The Bertz CT molecular complexity index is 484. The van der Waals surface area contributed by atoms with E-state index in [0.717, 1.165) is 0 Å². The lowest BCUT2D eigenvalue weighted by atomic mass is 10.1. The minimum Gasteiger partial charge on any atom is -0.387 e. The third-order valence-electron chi connectivity index (χ3n) is 2.06. The van der Waals surface area contributed by atoms with Gasteiger partial charge in [0.25, 0.3) is 6.43 Å². The van der Waals surface area contributed by atoms with Crippen LogP contribution in [0.3, 0.4) is 0 Å². The topological polar surface area (TPSA) is 22.1 Å². The average Bonchev–Trinajstić information content (AvgIpc) is 2.23. The fourth-order valence-corrected chi connectivity index (χ4v) is 1.64.